The molecule has 24 heavy (non-hydrogen) atoms. The minimum atomic E-state index is -0.688. The summed E-state index contributed by atoms with van der Waals surface area (Å²) in [5.41, 5.74) is -0.201. The van der Waals surface area contributed by atoms with Crippen molar-refractivity contribution in [2.45, 2.75) is 49.4 Å². The highest BCUT2D eigenvalue weighted by Gasteiger charge is 2.52. The summed E-state index contributed by atoms with van der Waals surface area (Å²) in [7, 11) is 1.62. The van der Waals surface area contributed by atoms with Gasteiger partial charge in [-0.25, -0.2) is 4.39 Å². The summed E-state index contributed by atoms with van der Waals surface area (Å²) in [5.74, 6) is 0.635. The molecule has 2 fully saturated rings. The van der Waals surface area contributed by atoms with Crippen molar-refractivity contribution in [2.75, 3.05) is 7.05 Å². The molecule has 0 unspecified atom stereocenters. The number of aromatic nitrogens is 2. The molecule has 0 aliphatic heterocycles. The minimum absolute atomic E-state index is 0.0719. The van der Waals surface area contributed by atoms with E-state index >= 15 is 0 Å². The number of nitrogens with zero attached hydrogens (tertiary/aromatic N) is 2. The molecule has 5 nitrogen and oxygen atoms in total. The van der Waals surface area contributed by atoms with Gasteiger partial charge in [0.25, 0.3) is 0 Å². The maximum Gasteiger partial charge on any atom is 0.242 e. The predicted octanol–water partition coefficient (Wildman–Crippen LogP) is 2.85. The van der Waals surface area contributed by atoms with E-state index in [2.05, 4.69) is 15.5 Å². The molecular formula is C18H20FN3O2. The number of benzene rings is 1. The maximum absolute atomic E-state index is 13.7. The highest BCUT2D eigenvalue weighted by Crippen LogP contribution is 2.49. The lowest BCUT2D eigenvalue weighted by atomic mass is 9.63. The standard InChI is InChI=1S/C18H20FN3O2/c1-20-15(23)18(9-4-10-18)16-21-14(22-24-16)17(7-3-8-17)12-5-2-6-13(19)11-12/h2,5-6,11H,3-4,7-10H2,1H3,(H,20,23). The molecule has 0 saturated heterocycles. The van der Waals surface area contributed by atoms with E-state index in [1.54, 1.807) is 19.2 Å². The van der Waals surface area contributed by atoms with Crippen LogP contribution in [0.2, 0.25) is 0 Å². The van der Waals surface area contributed by atoms with Gasteiger partial charge in [-0.2, -0.15) is 4.98 Å². The van der Waals surface area contributed by atoms with Gasteiger partial charge in [-0.1, -0.05) is 30.1 Å². The molecule has 6 heteroatoms. The van der Waals surface area contributed by atoms with Crippen molar-refractivity contribution < 1.29 is 13.7 Å². The van der Waals surface area contributed by atoms with Crippen molar-refractivity contribution in [3.05, 3.63) is 47.4 Å². The highest BCUT2D eigenvalue weighted by molar-refractivity contribution is 5.87. The third-order valence-corrected chi connectivity index (χ3v) is 5.72. The van der Waals surface area contributed by atoms with E-state index in [0.717, 1.165) is 44.1 Å². The zero-order valence-electron chi connectivity index (χ0n) is 13.6. The normalized spacial score (nSPS) is 20.8. The summed E-state index contributed by atoms with van der Waals surface area (Å²) in [4.78, 5) is 16.9. The van der Waals surface area contributed by atoms with Gasteiger partial charge in [0.15, 0.2) is 5.82 Å². The van der Waals surface area contributed by atoms with Gasteiger partial charge in [0.1, 0.15) is 11.2 Å². The number of hydrogen-bond donors (Lipinski definition) is 1. The molecule has 0 bridgehead atoms. The molecule has 126 valence electrons. The SMILES string of the molecule is CNC(=O)C1(c2nc(C3(c4cccc(F)c4)CCC3)no2)CCC1. The molecule has 1 aromatic heterocycles. The van der Waals surface area contributed by atoms with Crippen LogP contribution in [0.1, 0.15) is 55.8 Å². The first kappa shape index (κ1) is 15.3. The minimum Gasteiger partial charge on any atom is -0.358 e. The van der Waals surface area contributed by atoms with Crippen LogP contribution < -0.4 is 5.32 Å². The summed E-state index contributed by atoms with van der Waals surface area (Å²) in [6.45, 7) is 0. The number of amides is 1. The first-order valence-corrected chi connectivity index (χ1v) is 8.44. The van der Waals surface area contributed by atoms with Crippen molar-refractivity contribution in [1.29, 1.82) is 0 Å². The second kappa shape index (κ2) is 5.40. The molecule has 2 saturated carbocycles. The van der Waals surface area contributed by atoms with Crippen molar-refractivity contribution >= 4 is 5.91 Å². The average molecular weight is 329 g/mol. The van der Waals surface area contributed by atoms with Gasteiger partial charge < -0.3 is 9.84 Å². The van der Waals surface area contributed by atoms with Crippen LogP contribution in [0.5, 0.6) is 0 Å². The Balaban J connectivity index is 1.72. The monoisotopic (exact) mass is 329 g/mol. The van der Waals surface area contributed by atoms with Gasteiger partial charge in [-0.3, -0.25) is 4.79 Å². The van der Waals surface area contributed by atoms with Gasteiger partial charge in [-0.05, 0) is 43.4 Å². The lowest BCUT2D eigenvalue weighted by Gasteiger charge is -2.40. The Morgan fingerprint density at radius 1 is 1.25 bits per heavy atom. The third-order valence-electron chi connectivity index (χ3n) is 5.72. The molecule has 1 aromatic carbocycles. The van der Waals surface area contributed by atoms with E-state index in [4.69, 9.17) is 4.52 Å². The molecule has 1 amide bonds. The van der Waals surface area contributed by atoms with Crippen molar-refractivity contribution in [2.24, 2.45) is 0 Å². The molecule has 0 radical (unpaired) electrons. The molecule has 0 atom stereocenters. The summed E-state index contributed by atoms with van der Waals surface area (Å²) in [5, 5.41) is 6.90. The van der Waals surface area contributed by atoms with Crippen LogP contribution in [0.15, 0.2) is 28.8 Å². The zero-order valence-corrected chi connectivity index (χ0v) is 13.6. The first-order valence-electron chi connectivity index (χ1n) is 8.44. The Hall–Kier alpha value is -2.24. The Morgan fingerprint density at radius 3 is 2.54 bits per heavy atom. The number of halogens is 1. The van der Waals surface area contributed by atoms with Gasteiger partial charge in [0, 0.05) is 7.05 Å². The predicted molar refractivity (Wildman–Crippen MR) is 84.9 cm³/mol. The molecule has 1 heterocycles. The van der Waals surface area contributed by atoms with Crippen LogP contribution in [-0.4, -0.2) is 23.1 Å². The summed E-state index contributed by atoms with van der Waals surface area (Å²) in [6.07, 6.45) is 5.19. The smallest absolute Gasteiger partial charge is 0.242 e. The van der Waals surface area contributed by atoms with Gasteiger partial charge in [0.2, 0.25) is 11.8 Å². The molecule has 2 aliphatic carbocycles. The fraction of sp³-hybridized carbons (Fsp3) is 0.500. The largest absolute Gasteiger partial charge is 0.358 e. The van der Waals surface area contributed by atoms with Crippen LogP contribution >= 0.6 is 0 Å². The van der Waals surface area contributed by atoms with E-state index in [0.29, 0.717) is 11.7 Å². The molecule has 4 rings (SSSR count). The van der Waals surface area contributed by atoms with E-state index in [9.17, 15) is 9.18 Å². The van der Waals surface area contributed by atoms with E-state index in [1.165, 1.54) is 6.07 Å². The fourth-order valence-corrected chi connectivity index (χ4v) is 3.88. The topological polar surface area (TPSA) is 68.0 Å². The Morgan fingerprint density at radius 2 is 2.00 bits per heavy atom. The number of carbonyl (C=O) groups is 1. The number of nitrogens with one attached hydrogen (secondary N) is 1. The van der Waals surface area contributed by atoms with Crippen molar-refractivity contribution in [3.8, 4) is 0 Å². The highest BCUT2D eigenvalue weighted by atomic mass is 19.1. The second-order valence-electron chi connectivity index (χ2n) is 6.88. The molecular weight excluding hydrogens is 309 g/mol. The van der Waals surface area contributed by atoms with Crippen LogP contribution in [0.3, 0.4) is 0 Å². The van der Waals surface area contributed by atoms with Gasteiger partial charge in [0.05, 0.1) is 5.41 Å². The lowest BCUT2D eigenvalue weighted by Crippen LogP contribution is -2.48. The Kier molecular flexibility index (Phi) is 3.44. The van der Waals surface area contributed by atoms with Crippen molar-refractivity contribution in [3.63, 3.8) is 0 Å². The Labute approximate surface area is 139 Å². The number of likely N-dealkylation sites (N-methyl/N-ethyl adjacent to an activating group) is 1. The number of hydrogen-bond acceptors (Lipinski definition) is 4. The van der Waals surface area contributed by atoms with Crippen LogP contribution in [0.4, 0.5) is 4.39 Å². The molecule has 0 spiro atoms. The van der Waals surface area contributed by atoms with Crippen molar-refractivity contribution in [1.82, 2.24) is 15.5 Å². The summed E-state index contributed by atoms with van der Waals surface area (Å²) in [6, 6.07) is 6.61. The zero-order chi connectivity index (χ0) is 16.8. The molecule has 2 aliphatic rings. The first-order chi connectivity index (χ1) is 11.6. The fourth-order valence-electron chi connectivity index (χ4n) is 3.88. The van der Waals surface area contributed by atoms with Crippen LogP contribution in [0, 0.1) is 5.82 Å². The lowest BCUT2D eigenvalue weighted by molar-refractivity contribution is -0.130. The van der Waals surface area contributed by atoms with E-state index in [-0.39, 0.29) is 11.7 Å². The maximum atomic E-state index is 13.7. The molecule has 1 N–H and O–H groups in total. The summed E-state index contributed by atoms with van der Waals surface area (Å²) >= 11 is 0. The van der Waals surface area contributed by atoms with Crippen LogP contribution in [-0.2, 0) is 15.6 Å². The molecule has 2 aromatic rings. The second-order valence-corrected chi connectivity index (χ2v) is 6.88. The summed E-state index contributed by atoms with van der Waals surface area (Å²) < 4.78 is 19.2. The number of carbonyl (C=O) groups excluding carboxylic acids is 1. The van der Waals surface area contributed by atoms with E-state index in [1.807, 2.05) is 6.07 Å². The van der Waals surface area contributed by atoms with Crippen LogP contribution in [0.25, 0.3) is 0 Å². The van der Waals surface area contributed by atoms with Gasteiger partial charge in [-0.15, -0.1) is 0 Å². The van der Waals surface area contributed by atoms with E-state index < -0.39 is 10.8 Å². The van der Waals surface area contributed by atoms with Gasteiger partial charge >= 0.3 is 0 Å². The Bertz CT molecular complexity index is 778. The quantitative estimate of drug-likeness (QED) is 0.936. The third kappa shape index (κ3) is 2.01. The average Bonchev–Trinajstić information content (AvgIpc) is 2.95. The number of rotatable bonds is 4.